The topological polar surface area (TPSA) is 27.0 Å². The van der Waals surface area contributed by atoms with Crippen molar-refractivity contribution in [3.8, 4) is 6.07 Å². The summed E-state index contributed by atoms with van der Waals surface area (Å²) in [7, 11) is 0. The van der Waals surface area contributed by atoms with Crippen molar-refractivity contribution in [2.24, 2.45) is 0 Å². The second-order valence-corrected chi connectivity index (χ2v) is 2.16. The molecule has 0 atom stereocenters. The summed E-state index contributed by atoms with van der Waals surface area (Å²) in [4.78, 5) is 1.40. The van der Waals surface area contributed by atoms with E-state index in [0.29, 0.717) is 0 Å². The molecule has 2 nitrogen and oxygen atoms in total. The van der Waals surface area contributed by atoms with E-state index in [1.807, 2.05) is 0 Å². The van der Waals surface area contributed by atoms with E-state index in [-0.39, 0.29) is 19.6 Å². The van der Waals surface area contributed by atoms with Gasteiger partial charge in [0.15, 0.2) is 0 Å². The van der Waals surface area contributed by atoms with Crippen molar-refractivity contribution >= 4 is 0 Å². The molecule has 0 N–H and O–H groups in total. The quantitative estimate of drug-likeness (QED) is 0.484. The first kappa shape index (κ1) is 6.43. The van der Waals surface area contributed by atoms with Crippen LogP contribution in [0, 0.1) is 11.3 Å². The largest absolute Gasteiger partial charge is 0.278 e. The maximum Gasteiger partial charge on any atom is 0.273 e. The molecule has 9 heavy (non-hydrogen) atoms. The Morgan fingerprint density at radius 3 is 2.44 bits per heavy atom. The van der Waals surface area contributed by atoms with Gasteiger partial charge >= 0.3 is 0 Å². The third kappa shape index (κ3) is 1.36. The molecule has 1 aliphatic heterocycles. The number of hydrogen-bond acceptors (Lipinski definition) is 2. The lowest BCUT2D eigenvalue weighted by molar-refractivity contribution is -0.125. The molecule has 0 aromatic carbocycles. The number of nitriles is 1. The summed E-state index contributed by atoms with van der Waals surface area (Å²) in [5.41, 5.74) is 0. The first-order valence-electron chi connectivity index (χ1n) is 2.61. The van der Waals surface area contributed by atoms with Gasteiger partial charge in [0.05, 0.1) is 25.7 Å². The van der Waals surface area contributed by atoms with Crippen molar-refractivity contribution in [3.63, 3.8) is 0 Å². The summed E-state index contributed by atoms with van der Waals surface area (Å²) >= 11 is 0. The van der Waals surface area contributed by atoms with Gasteiger partial charge in [-0.05, 0) is 0 Å². The summed E-state index contributed by atoms with van der Waals surface area (Å²) in [6, 6.07) is 1.80. The maximum absolute atomic E-state index is 12.0. The van der Waals surface area contributed by atoms with Crippen LogP contribution in [0.2, 0.25) is 0 Å². The second kappa shape index (κ2) is 1.92. The Morgan fingerprint density at radius 2 is 2.11 bits per heavy atom. The molecule has 0 spiro atoms. The van der Waals surface area contributed by atoms with Crippen molar-refractivity contribution in [3.05, 3.63) is 0 Å². The van der Waals surface area contributed by atoms with Crippen LogP contribution in [-0.4, -0.2) is 30.5 Å². The van der Waals surface area contributed by atoms with Crippen LogP contribution >= 0.6 is 0 Å². The Labute approximate surface area is 51.7 Å². The average molecular weight is 132 g/mol. The van der Waals surface area contributed by atoms with Gasteiger partial charge in [-0.2, -0.15) is 5.26 Å². The summed E-state index contributed by atoms with van der Waals surface area (Å²) < 4.78 is 23.9. The predicted molar refractivity (Wildman–Crippen MR) is 27.0 cm³/mol. The van der Waals surface area contributed by atoms with Crippen LogP contribution in [0.15, 0.2) is 0 Å². The molecule has 4 heteroatoms. The van der Waals surface area contributed by atoms with Gasteiger partial charge in [-0.3, -0.25) is 4.90 Å². The van der Waals surface area contributed by atoms with Crippen molar-refractivity contribution in [2.45, 2.75) is 5.92 Å². The monoisotopic (exact) mass is 132 g/mol. The predicted octanol–water partition coefficient (Wildman–Crippen LogP) is 0.461. The molecule has 1 rings (SSSR count). The summed E-state index contributed by atoms with van der Waals surface area (Å²) in [6.07, 6.45) is 0. The molecule has 50 valence electrons. The van der Waals surface area contributed by atoms with Crippen LogP contribution < -0.4 is 0 Å². The minimum absolute atomic E-state index is 0.121. The number of hydrogen-bond donors (Lipinski definition) is 0. The van der Waals surface area contributed by atoms with Gasteiger partial charge in [-0.25, -0.2) is 8.78 Å². The minimum Gasteiger partial charge on any atom is -0.278 e. The first-order valence-corrected chi connectivity index (χ1v) is 2.61. The average Bonchev–Trinajstić information content (AvgIpc) is 1.62. The maximum atomic E-state index is 12.0. The van der Waals surface area contributed by atoms with Gasteiger partial charge in [0.1, 0.15) is 0 Å². The number of alkyl halides is 2. The fourth-order valence-corrected chi connectivity index (χ4v) is 0.820. The normalized spacial score (nSPS) is 24.6. The van der Waals surface area contributed by atoms with E-state index >= 15 is 0 Å². The zero-order valence-corrected chi connectivity index (χ0v) is 4.77. The minimum atomic E-state index is -2.53. The van der Waals surface area contributed by atoms with Crippen LogP contribution in [0.3, 0.4) is 0 Å². The van der Waals surface area contributed by atoms with E-state index in [1.165, 1.54) is 4.90 Å². The fourth-order valence-electron chi connectivity index (χ4n) is 0.820. The molecule has 0 bridgehead atoms. The Morgan fingerprint density at radius 1 is 1.56 bits per heavy atom. The van der Waals surface area contributed by atoms with Gasteiger partial charge in [0.2, 0.25) is 0 Å². The van der Waals surface area contributed by atoms with Crippen LogP contribution in [0.4, 0.5) is 8.78 Å². The van der Waals surface area contributed by atoms with Crippen LogP contribution in [0.5, 0.6) is 0 Å². The van der Waals surface area contributed by atoms with Crippen molar-refractivity contribution in [1.82, 2.24) is 4.90 Å². The molecule has 1 fully saturated rings. The lowest BCUT2D eigenvalue weighted by atomic mass is 10.1. The molecule has 1 aliphatic rings. The molecule has 0 amide bonds. The van der Waals surface area contributed by atoms with Gasteiger partial charge in [-0.1, -0.05) is 0 Å². The Balaban J connectivity index is 2.21. The van der Waals surface area contributed by atoms with E-state index in [1.54, 1.807) is 6.07 Å². The Bertz CT molecular complexity index is 142. The zero-order valence-electron chi connectivity index (χ0n) is 4.77. The highest BCUT2D eigenvalue weighted by Gasteiger charge is 2.43. The number of likely N-dealkylation sites (tertiary alicyclic amines) is 1. The van der Waals surface area contributed by atoms with Gasteiger partial charge < -0.3 is 0 Å². The lowest BCUT2D eigenvalue weighted by Crippen LogP contribution is -2.55. The molecule has 0 unspecified atom stereocenters. The highest BCUT2D eigenvalue weighted by Crippen LogP contribution is 2.25. The lowest BCUT2D eigenvalue weighted by Gasteiger charge is -2.36. The van der Waals surface area contributed by atoms with Crippen LogP contribution in [0.1, 0.15) is 0 Å². The summed E-state index contributed by atoms with van der Waals surface area (Å²) in [5, 5.41) is 8.04. The van der Waals surface area contributed by atoms with Gasteiger partial charge in [0, 0.05) is 0 Å². The van der Waals surface area contributed by atoms with Crippen LogP contribution in [0.25, 0.3) is 0 Å². The number of rotatable bonds is 1. The molecular weight excluding hydrogens is 126 g/mol. The van der Waals surface area contributed by atoms with E-state index in [0.717, 1.165) is 0 Å². The number of halogens is 2. The Hall–Kier alpha value is -0.690. The third-order valence-electron chi connectivity index (χ3n) is 1.20. The van der Waals surface area contributed by atoms with E-state index < -0.39 is 5.92 Å². The summed E-state index contributed by atoms with van der Waals surface area (Å²) in [6.45, 7) is -0.378. The second-order valence-electron chi connectivity index (χ2n) is 2.16. The van der Waals surface area contributed by atoms with E-state index in [2.05, 4.69) is 0 Å². The molecule has 0 aromatic heterocycles. The molecule has 0 aliphatic carbocycles. The highest BCUT2D eigenvalue weighted by molar-refractivity contribution is 4.91. The van der Waals surface area contributed by atoms with E-state index in [9.17, 15) is 8.78 Å². The molecule has 1 heterocycles. The van der Waals surface area contributed by atoms with Gasteiger partial charge in [-0.15, -0.1) is 0 Å². The standard InChI is InChI=1S/C5H6F2N2/c6-5(7)3-9(4-5)2-1-8/h2-4H2. The molecule has 0 saturated carbocycles. The summed E-state index contributed by atoms with van der Waals surface area (Å²) in [5.74, 6) is -2.53. The van der Waals surface area contributed by atoms with Gasteiger partial charge in [0.25, 0.3) is 5.92 Å². The molecule has 1 saturated heterocycles. The fraction of sp³-hybridized carbons (Fsp3) is 0.800. The van der Waals surface area contributed by atoms with Crippen molar-refractivity contribution < 1.29 is 8.78 Å². The SMILES string of the molecule is N#CCN1CC(F)(F)C1. The molecular formula is C5H6F2N2. The number of nitrogens with zero attached hydrogens (tertiary/aromatic N) is 2. The van der Waals surface area contributed by atoms with E-state index in [4.69, 9.17) is 5.26 Å². The molecule has 0 aromatic rings. The first-order chi connectivity index (χ1) is 4.14. The Kier molecular flexibility index (Phi) is 1.37. The highest BCUT2D eigenvalue weighted by atomic mass is 19.3. The van der Waals surface area contributed by atoms with Crippen molar-refractivity contribution in [2.75, 3.05) is 19.6 Å². The smallest absolute Gasteiger partial charge is 0.273 e. The van der Waals surface area contributed by atoms with Crippen molar-refractivity contribution in [1.29, 1.82) is 5.26 Å². The molecule has 0 radical (unpaired) electrons. The third-order valence-corrected chi connectivity index (χ3v) is 1.20. The zero-order chi connectivity index (χ0) is 6.91. The van der Waals surface area contributed by atoms with Crippen LogP contribution in [-0.2, 0) is 0 Å².